The lowest BCUT2D eigenvalue weighted by Gasteiger charge is -2.20. The number of rotatable bonds is 2. The summed E-state index contributed by atoms with van der Waals surface area (Å²) in [6.45, 7) is 2.09. The molecular formula is C12H14N2O4. The number of nitrogens with zero attached hydrogens (tertiary/aromatic N) is 1. The number of aromatic amines is 1. The minimum absolute atomic E-state index is 0.00579. The van der Waals surface area contributed by atoms with Gasteiger partial charge in [0, 0.05) is 24.5 Å². The molecule has 18 heavy (non-hydrogen) atoms. The zero-order chi connectivity index (χ0) is 13.3. The second kappa shape index (κ2) is 4.64. The predicted octanol–water partition coefficient (Wildman–Crippen LogP) is 0.373. The van der Waals surface area contributed by atoms with Crippen LogP contribution in [0, 0.1) is 6.92 Å². The third kappa shape index (κ3) is 2.13. The molecule has 1 atom stereocenters. The van der Waals surface area contributed by atoms with Gasteiger partial charge in [0.2, 0.25) is 0 Å². The number of hydrogen-bond acceptors (Lipinski definition) is 3. The number of amides is 1. The van der Waals surface area contributed by atoms with Crippen LogP contribution in [-0.4, -0.2) is 39.5 Å². The fourth-order valence-electron chi connectivity index (χ4n) is 2.16. The number of H-pyrrole nitrogens is 1. The van der Waals surface area contributed by atoms with Gasteiger partial charge >= 0.3 is 5.97 Å². The zero-order valence-electron chi connectivity index (χ0n) is 9.97. The first-order chi connectivity index (χ1) is 8.50. The van der Waals surface area contributed by atoms with Crippen LogP contribution < -0.4 is 5.43 Å². The SMILES string of the molecule is Cc1cc(=O)c(C(=O)N2CCC[C@H]2C(=O)O)c[nH]1. The van der Waals surface area contributed by atoms with Crippen molar-refractivity contribution in [3.8, 4) is 0 Å². The maximum Gasteiger partial charge on any atom is 0.326 e. The Bertz CT molecular complexity index is 549. The number of carboxylic acid groups (broad SMARTS) is 1. The number of nitrogens with one attached hydrogen (secondary N) is 1. The number of likely N-dealkylation sites (tertiary alicyclic amines) is 1. The number of aliphatic carboxylic acids is 1. The maximum absolute atomic E-state index is 12.1. The van der Waals surface area contributed by atoms with Crippen LogP contribution in [0.15, 0.2) is 17.1 Å². The molecule has 1 aromatic heterocycles. The minimum atomic E-state index is -1.02. The molecule has 2 rings (SSSR count). The van der Waals surface area contributed by atoms with Crippen molar-refractivity contribution in [1.82, 2.24) is 9.88 Å². The van der Waals surface area contributed by atoms with Crippen LogP contribution in [0.25, 0.3) is 0 Å². The molecule has 1 aliphatic rings. The first-order valence-corrected chi connectivity index (χ1v) is 5.74. The number of aryl methyl sites for hydroxylation is 1. The van der Waals surface area contributed by atoms with Crippen molar-refractivity contribution in [2.24, 2.45) is 0 Å². The fourth-order valence-corrected chi connectivity index (χ4v) is 2.16. The zero-order valence-corrected chi connectivity index (χ0v) is 9.97. The molecule has 6 nitrogen and oxygen atoms in total. The second-order valence-corrected chi connectivity index (χ2v) is 4.39. The van der Waals surface area contributed by atoms with Gasteiger partial charge in [-0.15, -0.1) is 0 Å². The topological polar surface area (TPSA) is 90.5 Å². The van der Waals surface area contributed by atoms with E-state index in [-0.39, 0.29) is 11.0 Å². The third-order valence-corrected chi connectivity index (χ3v) is 3.09. The largest absolute Gasteiger partial charge is 0.480 e. The van der Waals surface area contributed by atoms with Crippen LogP contribution in [0.5, 0.6) is 0 Å². The molecule has 1 fully saturated rings. The average Bonchev–Trinajstić information content (AvgIpc) is 2.77. The molecule has 2 heterocycles. The van der Waals surface area contributed by atoms with E-state index < -0.39 is 17.9 Å². The van der Waals surface area contributed by atoms with Crippen molar-refractivity contribution in [3.05, 3.63) is 33.7 Å². The Morgan fingerprint density at radius 2 is 2.22 bits per heavy atom. The predicted molar refractivity (Wildman–Crippen MR) is 63.5 cm³/mol. The Hall–Kier alpha value is -2.11. The van der Waals surface area contributed by atoms with E-state index in [0.717, 1.165) is 0 Å². The number of aromatic nitrogens is 1. The van der Waals surface area contributed by atoms with Gasteiger partial charge in [0.05, 0.1) is 0 Å². The lowest BCUT2D eigenvalue weighted by Crippen LogP contribution is -2.42. The van der Waals surface area contributed by atoms with E-state index in [9.17, 15) is 14.4 Å². The normalized spacial score (nSPS) is 18.9. The smallest absolute Gasteiger partial charge is 0.326 e. The summed E-state index contributed by atoms with van der Waals surface area (Å²) in [5.41, 5.74) is 0.272. The van der Waals surface area contributed by atoms with E-state index in [1.807, 2.05) is 0 Å². The molecule has 0 unspecified atom stereocenters. The molecule has 0 saturated carbocycles. The van der Waals surface area contributed by atoms with Gasteiger partial charge in [-0.2, -0.15) is 0 Å². The number of carbonyl (C=O) groups excluding carboxylic acids is 1. The summed E-state index contributed by atoms with van der Waals surface area (Å²) in [4.78, 5) is 38.9. The van der Waals surface area contributed by atoms with Crippen LogP contribution in [0.4, 0.5) is 0 Å². The monoisotopic (exact) mass is 250 g/mol. The van der Waals surface area contributed by atoms with Crippen molar-refractivity contribution in [2.45, 2.75) is 25.8 Å². The number of hydrogen-bond donors (Lipinski definition) is 2. The van der Waals surface area contributed by atoms with Crippen LogP contribution in [0.2, 0.25) is 0 Å². The molecule has 1 aromatic rings. The summed E-state index contributed by atoms with van der Waals surface area (Å²) in [7, 11) is 0. The molecule has 0 bridgehead atoms. The summed E-state index contributed by atoms with van der Waals surface area (Å²) in [5, 5.41) is 9.01. The molecule has 0 aliphatic carbocycles. The van der Waals surface area contributed by atoms with Crippen molar-refractivity contribution in [1.29, 1.82) is 0 Å². The van der Waals surface area contributed by atoms with Gasteiger partial charge in [-0.1, -0.05) is 0 Å². The molecule has 0 spiro atoms. The Kier molecular flexibility index (Phi) is 3.18. The first-order valence-electron chi connectivity index (χ1n) is 5.74. The summed E-state index contributed by atoms with van der Waals surface area (Å²) >= 11 is 0. The summed E-state index contributed by atoms with van der Waals surface area (Å²) in [6.07, 6.45) is 2.43. The maximum atomic E-state index is 12.1. The van der Waals surface area contributed by atoms with E-state index in [1.165, 1.54) is 17.2 Å². The Morgan fingerprint density at radius 1 is 1.50 bits per heavy atom. The second-order valence-electron chi connectivity index (χ2n) is 4.39. The number of carboxylic acids is 1. The van der Waals surface area contributed by atoms with Crippen LogP contribution in [-0.2, 0) is 4.79 Å². The first kappa shape index (κ1) is 12.3. The highest BCUT2D eigenvalue weighted by Crippen LogP contribution is 2.19. The van der Waals surface area contributed by atoms with Crippen LogP contribution in [0.1, 0.15) is 28.9 Å². The molecule has 1 aliphatic heterocycles. The van der Waals surface area contributed by atoms with Gasteiger partial charge in [-0.3, -0.25) is 9.59 Å². The van der Waals surface area contributed by atoms with Crippen LogP contribution in [0.3, 0.4) is 0 Å². The Labute approximate surface area is 103 Å². The van der Waals surface area contributed by atoms with Gasteiger partial charge in [0.25, 0.3) is 5.91 Å². The molecule has 1 saturated heterocycles. The molecule has 6 heteroatoms. The molecular weight excluding hydrogens is 236 g/mol. The van der Waals surface area contributed by atoms with E-state index in [0.29, 0.717) is 25.1 Å². The Morgan fingerprint density at radius 3 is 2.83 bits per heavy atom. The lowest BCUT2D eigenvalue weighted by atomic mass is 10.2. The number of pyridine rings is 1. The van der Waals surface area contributed by atoms with Crippen molar-refractivity contribution in [2.75, 3.05) is 6.54 Å². The molecule has 2 N–H and O–H groups in total. The number of carbonyl (C=O) groups is 2. The van der Waals surface area contributed by atoms with Gasteiger partial charge in [-0.05, 0) is 19.8 Å². The van der Waals surface area contributed by atoms with Gasteiger partial charge in [0.15, 0.2) is 5.43 Å². The highest BCUT2D eigenvalue weighted by Gasteiger charge is 2.35. The lowest BCUT2D eigenvalue weighted by molar-refractivity contribution is -0.141. The molecule has 96 valence electrons. The van der Waals surface area contributed by atoms with Gasteiger partial charge < -0.3 is 15.0 Å². The summed E-state index contributed by atoms with van der Waals surface area (Å²) in [5.74, 6) is -1.54. The quantitative estimate of drug-likeness (QED) is 0.793. The fraction of sp³-hybridized carbons (Fsp3) is 0.417. The molecule has 0 radical (unpaired) electrons. The molecule has 0 aromatic carbocycles. The van der Waals surface area contributed by atoms with Gasteiger partial charge in [-0.25, -0.2) is 4.79 Å². The van der Waals surface area contributed by atoms with E-state index >= 15 is 0 Å². The van der Waals surface area contributed by atoms with E-state index in [2.05, 4.69) is 4.98 Å². The summed E-state index contributed by atoms with van der Waals surface area (Å²) < 4.78 is 0. The van der Waals surface area contributed by atoms with Gasteiger partial charge in [0.1, 0.15) is 11.6 Å². The summed E-state index contributed by atoms with van der Waals surface area (Å²) in [6, 6.07) is 0.511. The van der Waals surface area contributed by atoms with Crippen molar-refractivity contribution in [3.63, 3.8) is 0 Å². The third-order valence-electron chi connectivity index (χ3n) is 3.09. The van der Waals surface area contributed by atoms with E-state index in [4.69, 9.17) is 5.11 Å². The highest BCUT2D eigenvalue weighted by molar-refractivity contribution is 5.96. The standard InChI is InChI=1S/C12H14N2O4/c1-7-5-10(15)8(6-13-7)11(16)14-4-2-3-9(14)12(17)18/h5-6,9H,2-4H2,1H3,(H,13,15)(H,17,18)/t9-/m0/s1. The average molecular weight is 250 g/mol. The highest BCUT2D eigenvalue weighted by atomic mass is 16.4. The molecule has 1 amide bonds. The van der Waals surface area contributed by atoms with E-state index in [1.54, 1.807) is 6.92 Å². The van der Waals surface area contributed by atoms with Crippen molar-refractivity contribution >= 4 is 11.9 Å². The minimum Gasteiger partial charge on any atom is -0.480 e. The Balaban J connectivity index is 2.31. The van der Waals surface area contributed by atoms with Crippen molar-refractivity contribution < 1.29 is 14.7 Å². The van der Waals surface area contributed by atoms with Crippen LogP contribution >= 0.6 is 0 Å².